The zero-order valence-electron chi connectivity index (χ0n) is 15.5. The lowest BCUT2D eigenvalue weighted by molar-refractivity contribution is 0.968. The van der Waals surface area contributed by atoms with E-state index in [-0.39, 0.29) is 0 Å². The summed E-state index contributed by atoms with van der Waals surface area (Å²) in [5.41, 5.74) is 3.45. The topological polar surface area (TPSA) is 23.8 Å². The lowest BCUT2D eigenvalue weighted by Gasteiger charge is -2.32. The Bertz CT molecular complexity index is 868. The van der Waals surface area contributed by atoms with Gasteiger partial charge in [-0.05, 0) is 61.4 Å². The van der Waals surface area contributed by atoms with Crippen molar-refractivity contribution < 1.29 is 0 Å². The molecule has 0 saturated carbocycles. The molecule has 3 rings (SSSR count). The zero-order valence-corrected chi connectivity index (χ0v) is 16.4. The van der Waals surface area contributed by atoms with Gasteiger partial charge in [0.1, 0.15) is 11.0 Å². The van der Waals surface area contributed by atoms with E-state index in [2.05, 4.69) is 96.8 Å². The Morgan fingerprint density at radius 3 is 2.56 bits per heavy atom. The fourth-order valence-electron chi connectivity index (χ4n) is 3.70. The van der Waals surface area contributed by atoms with E-state index in [0.717, 1.165) is 19.0 Å². The number of hydrogen-bond donors (Lipinski definition) is 0. The van der Waals surface area contributed by atoms with Crippen LogP contribution in [0.25, 0.3) is 0 Å². The van der Waals surface area contributed by atoms with Crippen molar-refractivity contribution >= 4 is 12.6 Å². The summed E-state index contributed by atoms with van der Waals surface area (Å²) in [7, 11) is -1.77. The first-order chi connectivity index (χ1) is 13.4. The molecular formula is C25H25NP+. The van der Waals surface area contributed by atoms with Gasteiger partial charge >= 0.3 is 0 Å². The molecule has 27 heavy (non-hydrogen) atoms. The lowest BCUT2D eigenvalue weighted by atomic mass is 10.3. The third-order valence-corrected chi connectivity index (χ3v) is 9.77. The average molecular weight is 370 g/mol. The molecule has 0 aliphatic heterocycles. The van der Waals surface area contributed by atoms with Crippen LogP contribution in [0, 0.1) is 11.3 Å². The summed E-state index contributed by atoms with van der Waals surface area (Å²) in [6.07, 6.45) is 27.6. The summed E-state index contributed by atoms with van der Waals surface area (Å²) < 4.78 is 0. The molecule has 1 aromatic rings. The van der Waals surface area contributed by atoms with E-state index in [0.29, 0.717) is 12.1 Å². The molecule has 0 saturated heterocycles. The first-order valence-electron chi connectivity index (χ1n) is 9.48. The Hall–Kier alpha value is -2.64. The molecular weight excluding hydrogens is 345 g/mol. The number of nitrogens with zero attached hydrogens (tertiary/aromatic N) is 1. The molecule has 0 radical (unpaired) electrons. The van der Waals surface area contributed by atoms with Crippen LogP contribution in [0.2, 0.25) is 0 Å². The molecule has 0 heterocycles. The standard InChI is InChI=1S/C25H25NP/c26-21-13-14-22-27(25-19-11-6-12-20-25,24-17-9-4-5-10-18-24)23-15-7-2-1-3-8-16-23/h2-4,6-12,15-20,23H,5,13-14,22H2/q+1. The summed E-state index contributed by atoms with van der Waals surface area (Å²) in [6.45, 7) is 0. The fourth-order valence-corrected chi connectivity index (χ4v) is 8.37. The van der Waals surface area contributed by atoms with Crippen LogP contribution < -0.4 is 5.30 Å². The molecule has 2 aliphatic carbocycles. The molecule has 0 aromatic heterocycles. The van der Waals surface area contributed by atoms with Crippen molar-refractivity contribution in [3.8, 4) is 6.07 Å². The molecule has 2 aliphatic rings. The first-order valence-corrected chi connectivity index (χ1v) is 11.5. The van der Waals surface area contributed by atoms with E-state index in [4.69, 9.17) is 5.26 Å². The number of benzene rings is 1. The number of nitriles is 1. The molecule has 2 heteroatoms. The molecule has 1 atom stereocenters. The van der Waals surface area contributed by atoms with Gasteiger partial charge in [-0.1, -0.05) is 48.6 Å². The maximum Gasteiger partial charge on any atom is 0.116 e. The van der Waals surface area contributed by atoms with Crippen LogP contribution >= 0.6 is 7.26 Å². The molecule has 0 spiro atoms. The van der Waals surface area contributed by atoms with E-state index < -0.39 is 7.26 Å². The number of rotatable bonds is 6. The third kappa shape index (κ3) is 4.56. The second kappa shape index (κ2) is 9.89. The van der Waals surface area contributed by atoms with Crippen LogP contribution in [-0.4, -0.2) is 11.8 Å². The van der Waals surface area contributed by atoms with E-state index in [1.807, 2.05) is 12.2 Å². The van der Waals surface area contributed by atoms with Gasteiger partial charge in [-0.15, -0.1) is 5.73 Å². The highest BCUT2D eigenvalue weighted by Crippen LogP contribution is 2.70. The van der Waals surface area contributed by atoms with Crippen LogP contribution in [0.5, 0.6) is 0 Å². The molecule has 1 nitrogen and oxygen atoms in total. The number of unbranched alkanes of at least 4 members (excludes halogenated alkanes) is 1. The van der Waals surface area contributed by atoms with Crippen LogP contribution in [0.4, 0.5) is 0 Å². The van der Waals surface area contributed by atoms with Gasteiger partial charge in [-0.3, -0.25) is 0 Å². The van der Waals surface area contributed by atoms with Crippen molar-refractivity contribution in [2.45, 2.75) is 24.9 Å². The average Bonchev–Trinajstić information content (AvgIpc) is 2.96. The fraction of sp³-hybridized carbons (Fsp3) is 0.200. The largest absolute Gasteiger partial charge is 0.198 e. The Balaban J connectivity index is 2.19. The SMILES string of the molecule is N#CCCC[P+](C1=CC=CCC=C1)(c1ccccc1)C1C=CC=C=CC=C1. The Labute approximate surface area is 163 Å². The van der Waals surface area contributed by atoms with Gasteiger partial charge in [0.2, 0.25) is 0 Å². The Kier molecular flexibility index (Phi) is 7.01. The normalized spacial score (nSPS) is 20.3. The van der Waals surface area contributed by atoms with Crippen molar-refractivity contribution in [3.63, 3.8) is 0 Å². The molecule has 1 aromatic carbocycles. The highest BCUT2D eigenvalue weighted by molar-refractivity contribution is 7.87. The maximum absolute atomic E-state index is 9.16. The van der Waals surface area contributed by atoms with Crippen molar-refractivity contribution in [3.05, 3.63) is 108 Å². The van der Waals surface area contributed by atoms with Gasteiger partial charge in [0.05, 0.1) is 24.8 Å². The quantitative estimate of drug-likeness (QED) is 0.330. The van der Waals surface area contributed by atoms with E-state index in [1.54, 1.807) is 0 Å². The third-order valence-electron chi connectivity index (χ3n) is 4.95. The van der Waals surface area contributed by atoms with Crippen LogP contribution in [-0.2, 0) is 0 Å². The minimum atomic E-state index is -1.77. The second-order valence-corrected chi connectivity index (χ2v) is 10.4. The van der Waals surface area contributed by atoms with Crippen molar-refractivity contribution in [2.24, 2.45) is 0 Å². The molecule has 0 fully saturated rings. The first kappa shape index (κ1) is 19.1. The van der Waals surface area contributed by atoms with Crippen molar-refractivity contribution in [1.29, 1.82) is 5.26 Å². The van der Waals surface area contributed by atoms with Gasteiger partial charge in [0.15, 0.2) is 0 Å². The van der Waals surface area contributed by atoms with Crippen molar-refractivity contribution in [1.82, 2.24) is 0 Å². The number of allylic oxidation sites excluding steroid dienone is 11. The van der Waals surface area contributed by atoms with Crippen LogP contribution in [0.15, 0.2) is 108 Å². The smallest absolute Gasteiger partial charge is 0.116 e. The van der Waals surface area contributed by atoms with Gasteiger partial charge < -0.3 is 0 Å². The van der Waals surface area contributed by atoms with Gasteiger partial charge in [-0.25, -0.2) is 0 Å². The van der Waals surface area contributed by atoms with Crippen LogP contribution in [0.1, 0.15) is 19.3 Å². The zero-order chi connectivity index (χ0) is 18.8. The van der Waals surface area contributed by atoms with Gasteiger partial charge in [0, 0.05) is 6.42 Å². The Morgan fingerprint density at radius 2 is 1.81 bits per heavy atom. The number of hydrogen-bond acceptors (Lipinski definition) is 1. The van der Waals surface area contributed by atoms with E-state index in [1.165, 1.54) is 10.6 Å². The molecule has 0 bridgehead atoms. The summed E-state index contributed by atoms with van der Waals surface area (Å²) in [5, 5.41) is 12.0. The highest BCUT2D eigenvalue weighted by Gasteiger charge is 2.48. The summed E-state index contributed by atoms with van der Waals surface area (Å²) in [6, 6.07) is 13.3. The molecule has 134 valence electrons. The van der Waals surface area contributed by atoms with E-state index >= 15 is 0 Å². The van der Waals surface area contributed by atoms with Gasteiger partial charge in [0.25, 0.3) is 0 Å². The summed E-state index contributed by atoms with van der Waals surface area (Å²) in [4.78, 5) is 0. The lowest BCUT2D eigenvalue weighted by Crippen LogP contribution is -2.25. The summed E-state index contributed by atoms with van der Waals surface area (Å²) in [5.74, 6) is 0. The van der Waals surface area contributed by atoms with Crippen molar-refractivity contribution in [2.75, 3.05) is 6.16 Å². The second-order valence-electron chi connectivity index (χ2n) is 6.61. The molecule has 1 unspecified atom stereocenters. The summed E-state index contributed by atoms with van der Waals surface area (Å²) >= 11 is 0. The van der Waals surface area contributed by atoms with Gasteiger partial charge in [-0.2, -0.15) is 5.26 Å². The van der Waals surface area contributed by atoms with Crippen LogP contribution in [0.3, 0.4) is 0 Å². The maximum atomic E-state index is 9.16. The predicted molar refractivity (Wildman–Crippen MR) is 118 cm³/mol. The van der Waals surface area contributed by atoms with E-state index in [9.17, 15) is 0 Å². The highest BCUT2D eigenvalue weighted by atomic mass is 31.2. The minimum absolute atomic E-state index is 0.301. The molecule has 0 amide bonds. The Morgan fingerprint density at radius 1 is 1.04 bits per heavy atom. The minimum Gasteiger partial charge on any atom is -0.198 e. The molecule has 0 N–H and O–H groups in total. The monoisotopic (exact) mass is 370 g/mol. The predicted octanol–water partition coefficient (Wildman–Crippen LogP) is 6.24.